The number of sulfonamides is 1. The molecule has 0 amide bonds. The fraction of sp³-hybridized carbons (Fsp3) is 0.909. The highest BCUT2D eigenvalue weighted by Gasteiger charge is 2.40. The molecule has 0 atom stereocenters. The summed E-state index contributed by atoms with van der Waals surface area (Å²) in [6.45, 7) is 5.80. The minimum Gasteiger partial charge on any atom is -0.298 e. The molecule has 0 aromatic heterocycles. The van der Waals surface area contributed by atoms with Crippen molar-refractivity contribution in [2.75, 3.05) is 12.3 Å². The Kier molecular flexibility index (Phi) is 4.12. The molecular weight excluding hydrogens is 226 g/mol. The highest BCUT2D eigenvalue weighted by Crippen LogP contribution is 2.28. The van der Waals surface area contributed by atoms with Crippen LogP contribution < -0.4 is 0 Å². The van der Waals surface area contributed by atoms with Crippen LogP contribution in [0.4, 0.5) is 0 Å². The molecule has 1 aliphatic heterocycles. The van der Waals surface area contributed by atoms with Crippen LogP contribution >= 0.6 is 0 Å². The molecule has 1 fully saturated rings. The third kappa shape index (κ3) is 3.04. The lowest BCUT2D eigenvalue weighted by Crippen LogP contribution is -2.54. The molecule has 0 saturated carbocycles. The van der Waals surface area contributed by atoms with Crippen LogP contribution in [-0.2, 0) is 14.8 Å². The first-order valence-corrected chi connectivity index (χ1v) is 7.43. The van der Waals surface area contributed by atoms with Gasteiger partial charge in [0.2, 0.25) is 10.0 Å². The van der Waals surface area contributed by atoms with E-state index in [0.29, 0.717) is 19.3 Å². The maximum atomic E-state index is 12.1. The van der Waals surface area contributed by atoms with Crippen molar-refractivity contribution in [3.63, 3.8) is 0 Å². The van der Waals surface area contributed by atoms with Crippen LogP contribution in [0.3, 0.4) is 0 Å². The molecule has 1 aliphatic rings. The molecule has 1 saturated heterocycles. The molecule has 4 nitrogen and oxygen atoms in total. The molecule has 1 rings (SSSR count). The molecule has 16 heavy (non-hydrogen) atoms. The number of Topliss-reactive ketones (excluding diaryl/α,β-unsaturated/α-hetero) is 1. The Morgan fingerprint density at radius 1 is 1.38 bits per heavy atom. The van der Waals surface area contributed by atoms with Crippen molar-refractivity contribution < 1.29 is 13.2 Å². The highest BCUT2D eigenvalue weighted by atomic mass is 32.2. The Hall–Kier alpha value is -0.420. The molecule has 0 unspecified atom stereocenters. The van der Waals surface area contributed by atoms with E-state index in [1.54, 1.807) is 0 Å². The number of carbonyl (C=O) groups is 1. The first-order valence-electron chi connectivity index (χ1n) is 5.82. The topological polar surface area (TPSA) is 54.5 Å². The normalized spacial score (nSPS) is 22.3. The van der Waals surface area contributed by atoms with Gasteiger partial charge in [0.25, 0.3) is 0 Å². The third-order valence-electron chi connectivity index (χ3n) is 3.10. The van der Waals surface area contributed by atoms with Gasteiger partial charge < -0.3 is 0 Å². The highest BCUT2D eigenvalue weighted by molar-refractivity contribution is 7.89. The zero-order valence-corrected chi connectivity index (χ0v) is 11.1. The SMILES string of the molecule is CCCCS(=O)(=O)N1CC(=O)CCC1(C)C. The van der Waals surface area contributed by atoms with Gasteiger partial charge in [-0.05, 0) is 26.7 Å². The van der Waals surface area contributed by atoms with E-state index in [-0.39, 0.29) is 18.1 Å². The smallest absolute Gasteiger partial charge is 0.214 e. The fourth-order valence-corrected chi connectivity index (χ4v) is 3.99. The van der Waals surface area contributed by atoms with Crippen molar-refractivity contribution >= 4 is 15.8 Å². The van der Waals surface area contributed by atoms with E-state index in [9.17, 15) is 13.2 Å². The Morgan fingerprint density at radius 3 is 2.56 bits per heavy atom. The minimum absolute atomic E-state index is 0.0272. The van der Waals surface area contributed by atoms with Crippen LogP contribution in [0.2, 0.25) is 0 Å². The average molecular weight is 247 g/mol. The summed E-state index contributed by atoms with van der Waals surface area (Å²) in [7, 11) is -3.27. The maximum absolute atomic E-state index is 12.1. The summed E-state index contributed by atoms with van der Waals surface area (Å²) in [5.41, 5.74) is -0.416. The van der Waals surface area contributed by atoms with Crippen molar-refractivity contribution in [3.8, 4) is 0 Å². The number of unbranched alkanes of at least 4 members (excludes halogenated alkanes) is 1. The second-order valence-corrected chi connectivity index (χ2v) is 7.04. The zero-order chi connectivity index (χ0) is 12.4. The molecule has 94 valence electrons. The van der Waals surface area contributed by atoms with Crippen molar-refractivity contribution in [3.05, 3.63) is 0 Å². The van der Waals surface area contributed by atoms with E-state index in [4.69, 9.17) is 0 Å². The van der Waals surface area contributed by atoms with E-state index in [1.807, 2.05) is 20.8 Å². The molecule has 0 N–H and O–H groups in total. The predicted octanol–water partition coefficient (Wildman–Crippen LogP) is 1.56. The summed E-state index contributed by atoms with van der Waals surface area (Å²) < 4.78 is 25.5. The van der Waals surface area contributed by atoms with Crippen LogP contribution in [0.25, 0.3) is 0 Å². The van der Waals surface area contributed by atoms with Crippen molar-refractivity contribution in [1.82, 2.24) is 4.31 Å². The Labute approximate surface area is 98.1 Å². The predicted molar refractivity (Wildman–Crippen MR) is 63.7 cm³/mol. The molecular formula is C11H21NO3S. The van der Waals surface area contributed by atoms with Gasteiger partial charge in [-0.15, -0.1) is 0 Å². The van der Waals surface area contributed by atoms with E-state index in [0.717, 1.165) is 6.42 Å². The standard InChI is InChI=1S/C11H21NO3S/c1-4-5-8-16(14,15)12-9-10(13)6-7-11(12,2)3/h4-9H2,1-3H3. The quantitative estimate of drug-likeness (QED) is 0.757. The number of rotatable bonds is 4. The van der Waals surface area contributed by atoms with Crippen molar-refractivity contribution in [2.24, 2.45) is 0 Å². The van der Waals surface area contributed by atoms with Gasteiger partial charge in [0.15, 0.2) is 0 Å². The molecule has 0 aromatic carbocycles. The van der Waals surface area contributed by atoms with E-state index in [2.05, 4.69) is 0 Å². The molecule has 1 heterocycles. The van der Waals surface area contributed by atoms with Crippen molar-refractivity contribution in [2.45, 2.75) is 52.0 Å². The summed E-state index contributed by atoms with van der Waals surface area (Å²) in [4.78, 5) is 11.4. The lowest BCUT2D eigenvalue weighted by Gasteiger charge is -2.40. The summed E-state index contributed by atoms with van der Waals surface area (Å²) in [5.74, 6) is 0.180. The van der Waals surface area contributed by atoms with Gasteiger partial charge in [0, 0.05) is 12.0 Å². The van der Waals surface area contributed by atoms with E-state index >= 15 is 0 Å². The Balaban J connectivity index is 2.86. The van der Waals surface area contributed by atoms with Crippen LogP contribution in [-0.4, -0.2) is 36.3 Å². The fourth-order valence-electron chi connectivity index (χ4n) is 1.94. The van der Waals surface area contributed by atoms with Crippen LogP contribution in [0, 0.1) is 0 Å². The van der Waals surface area contributed by atoms with Gasteiger partial charge in [0.1, 0.15) is 5.78 Å². The summed E-state index contributed by atoms with van der Waals surface area (Å²) in [5, 5.41) is 0. The summed E-state index contributed by atoms with van der Waals surface area (Å²) >= 11 is 0. The van der Waals surface area contributed by atoms with Gasteiger partial charge in [-0.2, -0.15) is 4.31 Å². The summed E-state index contributed by atoms with van der Waals surface area (Å²) in [6.07, 6.45) is 2.62. The molecule has 0 aromatic rings. The monoisotopic (exact) mass is 247 g/mol. The zero-order valence-electron chi connectivity index (χ0n) is 10.3. The third-order valence-corrected chi connectivity index (χ3v) is 5.20. The minimum atomic E-state index is -3.27. The van der Waals surface area contributed by atoms with Gasteiger partial charge in [0.05, 0.1) is 12.3 Å². The maximum Gasteiger partial charge on any atom is 0.214 e. The second kappa shape index (κ2) is 4.84. The number of hydrogen-bond acceptors (Lipinski definition) is 3. The van der Waals surface area contributed by atoms with Crippen LogP contribution in [0.1, 0.15) is 46.5 Å². The number of hydrogen-bond donors (Lipinski definition) is 0. The number of carbonyl (C=O) groups excluding carboxylic acids is 1. The van der Waals surface area contributed by atoms with Crippen LogP contribution in [0.15, 0.2) is 0 Å². The first kappa shape index (κ1) is 13.6. The van der Waals surface area contributed by atoms with Gasteiger partial charge >= 0.3 is 0 Å². The molecule has 0 spiro atoms. The number of piperidine rings is 1. The lowest BCUT2D eigenvalue weighted by atomic mass is 9.93. The number of ketones is 1. The largest absolute Gasteiger partial charge is 0.298 e. The molecule has 0 aliphatic carbocycles. The van der Waals surface area contributed by atoms with Gasteiger partial charge in [-0.1, -0.05) is 13.3 Å². The molecule has 5 heteroatoms. The average Bonchev–Trinajstić information content (AvgIpc) is 2.19. The van der Waals surface area contributed by atoms with Gasteiger partial charge in [-0.25, -0.2) is 8.42 Å². The lowest BCUT2D eigenvalue weighted by molar-refractivity contribution is -0.123. The van der Waals surface area contributed by atoms with Crippen LogP contribution in [0.5, 0.6) is 0 Å². The van der Waals surface area contributed by atoms with E-state index < -0.39 is 15.6 Å². The van der Waals surface area contributed by atoms with Gasteiger partial charge in [-0.3, -0.25) is 4.79 Å². The second-order valence-electron chi connectivity index (χ2n) is 5.03. The molecule has 0 bridgehead atoms. The van der Waals surface area contributed by atoms with Crippen molar-refractivity contribution in [1.29, 1.82) is 0 Å². The number of nitrogens with zero attached hydrogens (tertiary/aromatic N) is 1. The Bertz CT molecular complexity index is 359. The molecule has 0 radical (unpaired) electrons. The Morgan fingerprint density at radius 2 is 2.00 bits per heavy atom. The first-order chi connectivity index (χ1) is 7.29. The summed E-state index contributed by atoms with van der Waals surface area (Å²) in [6, 6.07) is 0. The van der Waals surface area contributed by atoms with E-state index in [1.165, 1.54) is 4.31 Å².